The Bertz CT molecular complexity index is 1150. The van der Waals surface area contributed by atoms with Crippen LogP contribution < -0.4 is 15.0 Å². The minimum Gasteiger partial charge on any atom is -0.493 e. The van der Waals surface area contributed by atoms with Crippen LogP contribution in [0.1, 0.15) is 5.56 Å². The van der Waals surface area contributed by atoms with Gasteiger partial charge in [0.2, 0.25) is 0 Å². The van der Waals surface area contributed by atoms with Crippen LogP contribution in [0.4, 0.5) is 0 Å². The van der Waals surface area contributed by atoms with E-state index in [1.807, 2.05) is 0 Å². The van der Waals surface area contributed by atoms with Crippen molar-refractivity contribution in [2.45, 2.75) is 6.54 Å². The number of carbonyl (C=O) groups excluding carboxylic acids is 2. The van der Waals surface area contributed by atoms with E-state index in [2.05, 4.69) is 9.72 Å². The number of rotatable bonds is 6. The number of benzene rings is 2. The maximum Gasteiger partial charge on any atom is 0.331 e. The van der Waals surface area contributed by atoms with Crippen molar-refractivity contribution in [2.75, 3.05) is 14.2 Å². The molecule has 3 rings (SSSR count). The SMILES string of the molecule is COC(=O)/C=C/c1ccc(OC(=O)Cn2cnc3ccccc3c2=O)c(OC)c1. The number of methoxy groups -OCH3 is 2. The first-order valence-corrected chi connectivity index (χ1v) is 8.60. The molecule has 8 heteroatoms. The summed E-state index contributed by atoms with van der Waals surface area (Å²) in [6, 6.07) is 11.7. The molecule has 1 aromatic heterocycles. The highest BCUT2D eigenvalue weighted by Gasteiger charge is 2.13. The normalized spacial score (nSPS) is 10.8. The Balaban J connectivity index is 1.77. The lowest BCUT2D eigenvalue weighted by atomic mass is 10.2. The van der Waals surface area contributed by atoms with Crippen LogP contribution in [0.25, 0.3) is 17.0 Å². The largest absolute Gasteiger partial charge is 0.493 e. The fourth-order valence-electron chi connectivity index (χ4n) is 2.62. The summed E-state index contributed by atoms with van der Waals surface area (Å²) < 4.78 is 16.3. The summed E-state index contributed by atoms with van der Waals surface area (Å²) in [5.74, 6) is -0.655. The number of carbonyl (C=O) groups is 2. The zero-order chi connectivity index (χ0) is 20.8. The molecule has 3 aromatic rings. The van der Waals surface area contributed by atoms with Crippen LogP contribution >= 0.6 is 0 Å². The first-order valence-electron chi connectivity index (χ1n) is 8.60. The van der Waals surface area contributed by atoms with Crippen molar-refractivity contribution in [1.29, 1.82) is 0 Å². The molecule has 0 spiro atoms. The van der Waals surface area contributed by atoms with Crippen molar-refractivity contribution in [2.24, 2.45) is 0 Å². The van der Waals surface area contributed by atoms with E-state index in [0.29, 0.717) is 22.2 Å². The zero-order valence-electron chi connectivity index (χ0n) is 15.8. The Kier molecular flexibility index (Phi) is 6.03. The molecule has 148 valence electrons. The highest BCUT2D eigenvalue weighted by Crippen LogP contribution is 2.28. The third-order valence-electron chi connectivity index (χ3n) is 4.06. The van der Waals surface area contributed by atoms with E-state index in [1.54, 1.807) is 42.5 Å². The van der Waals surface area contributed by atoms with Gasteiger partial charge in [-0.3, -0.25) is 9.36 Å². The number of fused-ring (bicyclic) bond motifs is 1. The van der Waals surface area contributed by atoms with Gasteiger partial charge < -0.3 is 14.2 Å². The van der Waals surface area contributed by atoms with Crippen molar-refractivity contribution < 1.29 is 23.8 Å². The second kappa shape index (κ2) is 8.83. The fourth-order valence-corrected chi connectivity index (χ4v) is 2.62. The molecule has 2 aromatic carbocycles. The molecule has 0 radical (unpaired) electrons. The third kappa shape index (κ3) is 4.67. The molecule has 29 heavy (non-hydrogen) atoms. The standard InChI is InChI=1S/C21H18N2O6/c1-27-18-11-14(8-10-19(24)28-2)7-9-17(18)29-20(25)12-23-13-22-16-6-4-3-5-15(16)21(23)26/h3-11,13H,12H2,1-2H3/b10-8+. The zero-order valence-corrected chi connectivity index (χ0v) is 15.8. The summed E-state index contributed by atoms with van der Waals surface area (Å²) in [6.07, 6.45) is 4.11. The van der Waals surface area contributed by atoms with E-state index in [4.69, 9.17) is 9.47 Å². The van der Waals surface area contributed by atoms with E-state index in [1.165, 1.54) is 37.3 Å². The summed E-state index contributed by atoms with van der Waals surface area (Å²) in [4.78, 5) is 40.2. The molecule has 0 fully saturated rings. The van der Waals surface area contributed by atoms with Crippen LogP contribution in [0, 0.1) is 0 Å². The van der Waals surface area contributed by atoms with E-state index in [0.717, 1.165) is 0 Å². The summed E-state index contributed by atoms with van der Waals surface area (Å²) in [7, 11) is 2.71. The predicted octanol–water partition coefficient (Wildman–Crippen LogP) is 2.20. The first-order chi connectivity index (χ1) is 14.0. The molecule has 0 atom stereocenters. The smallest absolute Gasteiger partial charge is 0.331 e. The molecule has 0 saturated carbocycles. The molecule has 0 aliphatic heterocycles. The van der Waals surface area contributed by atoms with Crippen LogP contribution in [-0.4, -0.2) is 35.7 Å². The van der Waals surface area contributed by atoms with Gasteiger partial charge in [0.25, 0.3) is 5.56 Å². The maximum absolute atomic E-state index is 12.5. The molecule has 0 aliphatic carbocycles. The van der Waals surface area contributed by atoms with Crippen LogP contribution in [0.15, 0.2) is 59.7 Å². The summed E-state index contributed by atoms with van der Waals surface area (Å²) >= 11 is 0. The van der Waals surface area contributed by atoms with Gasteiger partial charge in [-0.1, -0.05) is 18.2 Å². The first kappa shape index (κ1) is 19.8. The van der Waals surface area contributed by atoms with Crippen molar-refractivity contribution in [3.8, 4) is 11.5 Å². The van der Waals surface area contributed by atoms with E-state index in [-0.39, 0.29) is 17.9 Å². The van der Waals surface area contributed by atoms with Crippen LogP contribution in [0.2, 0.25) is 0 Å². The van der Waals surface area contributed by atoms with Gasteiger partial charge >= 0.3 is 11.9 Å². The number of hydrogen-bond acceptors (Lipinski definition) is 7. The van der Waals surface area contributed by atoms with Gasteiger partial charge in [0, 0.05) is 6.08 Å². The van der Waals surface area contributed by atoms with Crippen molar-refractivity contribution in [1.82, 2.24) is 9.55 Å². The maximum atomic E-state index is 12.5. The number of esters is 2. The Morgan fingerprint density at radius 1 is 1.10 bits per heavy atom. The molecule has 8 nitrogen and oxygen atoms in total. The van der Waals surface area contributed by atoms with Crippen LogP contribution in [0.5, 0.6) is 11.5 Å². The molecule has 0 saturated heterocycles. The van der Waals surface area contributed by atoms with E-state index in [9.17, 15) is 14.4 Å². The van der Waals surface area contributed by atoms with Gasteiger partial charge in [0.05, 0.1) is 31.4 Å². The minimum absolute atomic E-state index is 0.189. The topological polar surface area (TPSA) is 96.7 Å². The second-order valence-corrected chi connectivity index (χ2v) is 5.94. The number of nitrogens with zero attached hydrogens (tertiary/aromatic N) is 2. The Labute approximate surface area is 166 Å². The molecule has 0 aliphatic rings. The second-order valence-electron chi connectivity index (χ2n) is 5.94. The molecular formula is C21H18N2O6. The Hall–Kier alpha value is -3.94. The highest BCUT2D eigenvalue weighted by atomic mass is 16.6. The van der Waals surface area contributed by atoms with Crippen molar-refractivity contribution in [3.63, 3.8) is 0 Å². The van der Waals surface area contributed by atoms with Crippen LogP contribution in [0.3, 0.4) is 0 Å². The van der Waals surface area contributed by atoms with E-state index < -0.39 is 11.9 Å². The summed E-state index contributed by atoms with van der Waals surface area (Å²) in [5.41, 5.74) is 0.879. The quantitative estimate of drug-likeness (QED) is 0.359. The predicted molar refractivity (Wildman–Crippen MR) is 106 cm³/mol. The Morgan fingerprint density at radius 3 is 2.66 bits per heavy atom. The number of aromatic nitrogens is 2. The van der Waals surface area contributed by atoms with Crippen molar-refractivity contribution >= 4 is 28.9 Å². The minimum atomic E-state index is -0.652. The van der Waals surface area contributed by atoms with Gasteiger partial charge in [-0.15, -0.1) is 0 Å². The summed E-state index contributed by atoms with van der Waals surface area (Å²) in [5, 5.41) is 0.419. The number of ether oxygens (including phenoxy) is 3. The molecule has 0 bridgehead atoms. The van der Waals surface area contributed by atoms with E-state index >= 15 is 0 Å². The van der Waals surface area contributed by atoms with Gasteiger partial charge in [-0.2, -0.15) is 0 Å². The number of hydrogen-bond donors (Lipinski definition) is 0. The molecular weight excluding hydrogens is 376 g/mol. The average molecular weight is 394 g/mol. The number of para-hydroxylation sites is 1. The third-order valence-corrected chi connectivity index (χ3v) is 4.06. The lowest BCUT2D eigenvalue weighted by Crippen LogP contribution is -2.27. The monoisotopic (exact) mass is 394 g/mol. The highest BCUT2D eigenvalue weighted by molar-refractivity contribution is 5.87. The van der Waals surface area contributed by atoms with Gasteiger partial charge in [-0.25, -0.2) is 14.6 Å². The lowest BCUT2D eigenvalue weighted by molar-refractivity contribution is -0.135. The lowest BCUT2D eigenvalue weighted by Gasteiger charge is -2.11. The Morgan fingerprint density at radius 2 is 1.90 bits per heavy atom. The van der Waals surface area contributed by atoms with Gasteiger partial charge in [0.15, 0.2) is 11.5 Å². The van der Waals surface area contributed by atoms with Crippen molar-refractivity contribution in [3.05, 3.63) is 70.8 Å². The molecule has 0 unspecified atom stereocenters. The van der Waals surface area contributed by atoms with Crippen LogP contribution in [-0.2, 0) is 20.9 Å². The van der Waals surface area contributed by atoms with Gasteiger partial charge in [0.1, 0.15) is 6.54 Å². The molecule has 0 amide bonds. The molecule has 1 heterocycles. The fraction of sp³-hybridized carbons (Fsp3) is 0.143. The average Bonchev–Trinajstić information content (AvgIpc) is 2.74. The van der Waals surface area contributed by atoms with Gasteiger partial charge in [-0.05, 0) is 35.9 Å². The molecule has 0 N–H and O–H groups in total. The summed E-state index contributed by atoms with van der Waals surface area (Å²) in [6.45, 7) is -0.302.